The molecular formula is C9H11NOS. The molecule has 64 valence electrons. The largest absolute Gasteiger partial charge is 0.238 e. The topological polar surface area (TPSA) is 29.1 Å². The molecule has 12 heavy (non-hydrogen) atoms. The minimum atomic E-state index is -1.06. The Hall–Kier alpha value is -0.930. The van der Waals surface area contributed by atoms with E-state index in [9.17, 15) is 4.21 Å². The first-order valence-electron chi connectivity index (χ1n) is 3.64. The quantitative estimate of drug-likeness (QED) is 0.753. The first-order valence-corrected chi connectivity index (χ1v) is 4.85. The van der Waals surface area contributed by atoms with Gasteiger partial charge in [-0.2, -0.15) is 0 Å². The van der Waals surface area contributed by atoms with Crippen molar-refractivity contribution in [1.29, 1.82) is 0 Å². The molecular weight excluding hydrogens is 170 g/mol. The zero-order chi connectivity index (χ0) is 8.81. The monoisotopic (exact) mass is 181 g/mol. The van der Waals surface area contributed by atoms with Crippen molar-refractivity contribution in [2.45, 2.75) is 0 Å². The highest BCUT2D eigenvalue weighted by Crippen LogP contribution is 2.00. The Kier molecular flexibility index (Phi) is 3.70. The molecule has 0 aliphatic rings. The van der Waals surface area contributed by atoms with E-state index in [2.05, 4.69) is 4.72 Å². The number of nitrogens with one attached hydrogen (secondary N) is 1. The van der Waals surface area contributed by atoms with Crippen molar-refractivity contribution in [1.82, 2.24) is 4.72 Å². The summed E-state index contributed by atoms with van der Waals surface area (Å²) in [5, 5.41) is 1.62. The molecule has 3 heteroatoms. The normalized spacial score (nSPS) is 13.4. The predicted molar refractivity (Wildman–Crippen MR) is 52.7 cm³/mol. The molecule has 2 nitrogen and oxygen atoms in total. The average Bonchev–Trinajstić information content (AvgIpc) is 2.16. The van der Waals surface area contributed by atoms with Crippen LogP contribution in [0.25, 0.3) is 6.08 Å². The second kappa shape index (κ2) is 4.85. The lowest BCUT2D eigenvalue weighted by molar-refractivity contribution is 0.684. The molecule has 0 heterocycles. The molecule has 0 spiro atoms. The van der Waals surface area contributed by atoms with Crippen molar-refractivity contribution < 1.29 is 4.21 Å². The van der Waals surface area contributed by atoms with Crippen molar-refractivity contribution in [2.24, 2.45) is 0 Å². The van der Waals surface area contributed by atoms with Gasteiger partial charge in [-0.05, 0) is 18.7 Å². The third-order valence-corrected chi connectivity index (χ3v) is 2.17. The zero-order valence-electron chi connectivity index (χ0n) is 6.86. The summed E-state index contributed by atoms with van der Waals surface area (Å²) in [6, 6.07) is 9.77. The molecule has 1 atom stereocenters. The first-order chi connectivity index (χ1) is 5.83. The smallest absolute Gasteiger partial charge is 0.117 e. The van der Waals surface area contributed by atoms with Crippen LogP contribution in [-0.2, 0) is 11.0 Å². The van der Waals surface area contributed by atoms with Gasteiger partial charge in [-0.3, -0.25) is 0 Å². The number of benzene rings is 1. The van der Waals surface area contributed by atoms with Crippen LogP contribution in [0.15, 0.2) is 35.7 Å². The molecule has 0 radical (unpaired) electrons. The highest BCUT2D eigenvalue weighted by atomic mass is 32.2. The molecule has 0 saturated carbocycles. The van der Waals surface area contributed by atoms with Gasteiger partial charge < -0.3 is 0 Å². The van der Waals surface area contributed by atoms with Gasteiger partial charge >= 0.3 is 0 Å². The second-order valence-electron chi connectivity index (χ2n) is 2.21. The molecule has 1 aromatic carbocycles. The average molecular weight is 181 g/mol. The molecule has 0 amide bonds. The van der Waals surface area contributed by atoms with E-state index in [-0.39, 0.29) is 0 Å². The van der Waals surface area contributed by atoms with Gasteiger partial charge in [-0.1, -0.05) is 30.3 Å². The van der Waals surface area contributed by atoms with E-state index in [1.807, 2.05) is 36.4 Å². The van der Waals surface area contributed by atoms with Gasteiger partial charge in [0.1, 0.15) is 11.0 Å². The van der Waals surface area contributed by atoms with Crippen LogP contribution in [0.3, 0.4) is 0 Å². The molecule has 0 saturated heterocycles. The Balaban J connectivity index is 2.64. The summed E-state index contributed by atoms with van der Waals surface area (Å²) in [7, 11) is 0.600. The van der Waals surface area contributed by atoms with Gasteiger partial charge in [0.25, 0.3) is 0 Å². The summed E-state index contributed by atoms with van der Waals surface area (Å²) >= 11 is 0. The first kappa shape index (κ1) is 9.16. The third-order valence-electron chi connectivity index (χ3n) is 1.38. The SMILES string of the molecule is CNS(=O)/C=C/c1ccccc1. The lowest BCUT2D eigenvalue weighted by Crippen LogP contribution is -2.06. The van der Waals surface area contributed by atoms with Gasteiger partial charge in [0.2, 0.25) is 0 Å². The van der Waals surface area contributed by atoms with E-state index in [4.69, 9.17) is 0 Å². The van der Waals surface area contributed by atoms with E-state index in [0.29, 0.717) is 0 Å². The van der Waals surface area contributed by atoms with Crippen LogP contribution in [0.4, 0.5) is 0 Å². The Morgan fingerprint density at radius 3 is 2.58 bits per heavy atom. The molecule has 0 aliphatic carbocycles. The second-order valence-corrected chi connectivity index (χ2v) is 3.49. The van der Waals surface area contributed by atoms with Gasteiger partial charge in [-0.25, -0.2) is 8.93 Å². The molecule has 0 aromatic heterocycles. The van der Waals surface area contributed by atoms with Crippen molar-refractivity contribution in [3.05, 3.63) is 41.3 Å². The summed E-state index contributed by atoms with van der Waals surface area (Å²) in [5.41, 5.74) is 1.06. The van der Waals surface area contributed by atoms with Crippen LogP contribution >= 0.6 is 0 Å². The highest BCUT2D eigenvalue weighted by Gasteiger charge is 1.86. The van der Waals surface area contributed by atoms with Crippen molar-refractivity contribution in [2.75, 3.05) is 7.05 Å². The summed E-state index contributed by atoms with van der Waals surface area (Å²) in [6.07, 6.45) is 1.83. The van der Waals surface area contributed by atoms with Crippen molar-refractivity contribution >= 4 is 17.1 Å². The van der Waals surface area contributed by atoms with Crippen LogP contribution in [-0.4, -0.2) is 11.3 Å². The molecule has 0 fully saturated rings. The summed E-state index contributed by atoms with van der Waals surface area (Å²) < 4.78 is 13.5. The third kappa shape index (κ3) is 2.98. The highest BCUT2D eigenvalue weighted by molar-refractivity contribution is 7.86. The van der Waals surface area contributed by atoms with Gasteiger partial charge in [0.15, 0.2) is 0 Å². The van der Waals surface area contributed by atoms with Crippen LogP contribution < -0.4 is 4.72 Å². The Bertz CT molecular complexity index is 282. The van der Waals surface area contributed by atoms with Gasteiger partial charge in [0, 0.05) is 5.41 Å². The predicted octanol–water partition coefficient (Wildman–Crippen LogP) is 1.54. The fourth-order valence-corrected chi connectivity index (χ4v) is 1.19. The molecule has 1 unspecified atom stereocenters. The molecule has 1 N–H and O–H groups in total. The summed E-state index contributed by atoms with van der Waals surface area (Å²) in [6.45, 7) is 0. The number of rotatable bonds is 3. The van der Waals surface area contributed by atoms with E-state index in [1.54, 1.807) is 12.5 Å². The van der Waals surface area contributed by atoms with Crippen LogP contribution in [0, 0.1) is 0 Å². The molecule has 1 rings (SSSR count). The zero-order valence-corrected chi connectivity index (χ0v) is 7.67. The number of hydrogen-bond donors (Lipinski definition) is 1. The van der Waals surface area contributed by atoms with Crippen LogP contribution in [0.2, 0.25) is 0 Å². The Labute approximate surface area is 74.9 Å². The summed E-state index contributed by atoms with van der Waals surface area (Å²) in [5.74, 6) is 0. The minimum absolute atomic E-state index is 1.06. The minimum Gasteiger partial charge on any atom is -0.238 e. The van der Waals surface area contributed by atoms with Crippen LogP contribution in [0.1, 0.15) is 5.56 Å². The lowest BCUT2D eigenvalue weighted by Gasteiger charge is -1.91. The van der Waals surface area contributed by atoms with Gasteiger partial charge in [-0.15, -0.1) is 0 Å². The maximum atomic E-state index is 10.9. The number of hydrogen-bond acceptors (Lipinski definition) is 1. The van der Waals surface area contributed by atoms with Crippen LogP contribution in [0.5, 0.6) is 0 Å². The maximum Gasteiger partial charge on any atom is 0.117 e. The molecule has 1 aromatic rings. The lowest BCUT2D eigenvalue weighted by atomic mass is 10.2. The maximum absolute atomic E-state index is 10.9. The molecule has 0 bridgehead atoms. The molecule has 0 aliphatic heterocycles. The fraction of sp³-hybridized carbons (Fsp3) is 0.111. The van der Waals surface area contributed by atoms with E-state index in [1.165, 1.54) is 0 Å². The Morgan fingerprint density at radius 2 is 2.00 bits per heavy atom. The van der Waals surface area contributed by atoms with E-state index in [0.717, 1.165) is 5.56 Å². The van der Waals surface area contributed by atoms with Crippen molar-refractivity contribution in [3.63, 3.8) is 0 Å². The Morgan fingerprint density at radius 1 is 1.33 bits per heavy atom. The fourth-order valence-electron chi connectivity index (χ4n) is 0.773. The van der Waals surface area contributed by atoms with E-state index < -0.39 is 11.0 Å². The summed E-state index contributed by atoms with van der Waals surface area (Å²) in [4.78, 5) is 0. The van der Waals surface area contributed by atoms with E-state index >= 15 is 0 Å². The van der Waals surface area contributed by atoms with Crippen molar-refractivity contribution in [3.8, 4) is 0 Å². The van der Waals surface area contributed by atoms with Gasteiger partial charge in [0.05, 0.1) is 0 Å². The standard InChI is InChI=1S/C9H11NOS/c1-10-12(11)8-7-9-5-3-2-4-6-9/h2-8,10H,1H3/b8-7+.